The second-order valence-corrected chi connectivity index (χ2v) is 5.46. The predicted molar refractivity (Wildman–Crippen MR) is 84.8 cm³/mol. The summed E-state index contributed by atoms with van der Waals surface area (Å²) in [6.45, 7) is 1.25. The number of carbonyl (C=O) groups excluding carboxylic acids is 1. The van der Waals surface area contributed by atoms with Crippen LogP contribution in [0, 0.1) is 5.82 Å². The number of urea groups is 1. The maximum Gasteiger partial charge on any atom is 0.319 e. The summed E-state index contributed by atoms with van der Waals surface area (Å²) in [7, 11) is 0. The van der Waals surface area contributed by atoms with Crippen LogP contribution in [0.25, 0.3) is 0 Å². The highest BCUT2D eigenvalue weighted by molar-refractivity contribution is 5.90. The van der Waals surface area contributed by atoms with Crippen molar-refractivity contribution in [2.75, 3.05) is 25.1 Å². The van der Waals surface area contributed by atoms with Crippen molar-refractivity contribution in [1.29, 1.82) is 0 Å². The summed E-state index contributed by atoms with van der Waals surface area (Å²) in [5, 5.41) is 13.6. The van der Waals surface area contributed by atoms with Crippen LogP contribution in [0.5, 0.6) is 5.75 Å². The lowest BCUT2D eigenvalue weighted by molar-refractivity contribution is -0.137. The van der Waals surface area contributed by atoms with Crippen LogP contribution in [0.1, 0.15) is 25.7 Å². The number of anilines is 1. The highest BCUT2D eigenvalue weighted by Crippen LogP contribution is 2.26. The molecule has 3 N–H and O–H groups in total. The summed E-state index contributed by atoms with van der Waals surface area (Å²) >= 11 is 0. The van der Waals surface area contributed by atoms with E-state index in [-0.39, 0.29) is 24.8 Å². The lowest BCUT2D eigenvalue weighted by atomic mass is 10.2. The van der Waals surface area contributed by atoms with Gasteiger partial charge in [-0.25, -0.2) is 9.18 Å². The van der Waals surface area contributed by atoms with Crippen molar-refractivity contribution in [2.45, 2.75) is 31.8 Å². The van der Waals surface area contributed by atoms with Crippen molar-refractivity contribution in [1.82, 2.24) is 5.32 Å². The summed E-state index contributed by atoms with van der Waals surface area (Å²) in [5.74, 6) is -1.07. The molecule has 0 radical (unpaired) electrons. The Balaban J connectivity index is 1.86. The minimum Gasteiger partial charge on any atom is -0.489 e. The summed E-state index contributed by atoms with van der Waals surface area (Å²) in [5.41, 5.74) is 0.212. The van der Waals surface area contributed by atoms with E-state index in [4.69, 9.17) is 14.6 Å². The van der Waals surface area contributed by atoms with Gasteiger partial charge in [-0.3, -0.25) is 4.79 Å². The Morgan fingerprint density at radius 2 is 2.25 bits per heavy atom. The highest BCUT2D eigenvalue weighted by atomic mass is 19.1. The van der Waals surface area contributed by atoms with Crippen LogP contribution in [-0.2, 0) is 9.53 Å². The Kier molecular flexibility index (Phi) is 6.80. The number of carboxylic acid groups (broad SMARTS) is 1. The normalized spacial score (nSPS) is 16.6. The van der Waals surface area contributed by atoms with Gasteiger partial charge in [-0.15, -0.1) is 0 Å². The molecule has 0 bridgehead atoms. The fourth-order valence-corrected chi connectivity index (χ4v) is 2.29. The first kappa shape index (κ1) is 18.0. The number of amides is 2. The van der Waals surface area contributed by atoms with E-state index in [2.05, 4.69) is 10.6 Å². The molecular weight excluding hydrogens is 319 g/mol. The third-order valence-corrected chi connectivity index (χ3v) is 3.49. The molecule has 24 heavy (non-hydrogen) atoms. The van der Waals surface area contributed by atoms with Crippen LogP contribution in [-0.4, -0.2) is 43.0 Å². The first-order valence-electron chi connectivity index (χ1n) is 7.85. The van der Waals surface area contributed by atoms with Gasteiger partial charge in [0.25, 0.3) is 0 Å². The van der Waals surface area contributed by atoms with Crippen LogP contribution in [0.15, 0.2) is 18.2 Å². The molecule has 0 aliphatic carbocycles. The van der Waals surface area contributed by atoms with E-state index < -0.39 is 17.8 Å². The van der Waals surface area contributed by atoms with Gasteiger partial charge in [-0.1, -0.05) is 0 Å². The van der Waals surface area contributed by atoms with E-state index >= 15 is 0 Å². The lowest BCUT2D eigenvalue weighted by Gasteiger charge is -2.15. The standard InChI is InChI=1S/C16H21FN2O5/c17-11-5-6-14(24-10-12-3-2-8-23-12)13(9-11)19-16(22)18-7-1-4-15(20)21/h5-6,9,12H,1-4,7-8,10H2,(H,20,21)(H2,18,19,22). The van der Waals surface area contributed by atoms with E-state index in [1.165, 1.54) is 18.2 Å². The third kappa shape index (κ3) is 6.04. The molecule has 2 amide bonds. The second kappa shape index (κ2) is 9.07. The van der Waals surface area contributed by atoms with E-state index in [0.717, 1.165) is 12.8 Å². The third-order valence-electron chi connectivity index (χ3n) is 3.49. The first-order valence-corrected chi connectivity index (χ1v) is 7.85. The summed E-state index contributed by atoms with van der Waals surface area (Å²) in [6, 6.07) is 3.32. The molecule has 2 rings (SSSR count). The van der Waals surface area contributed by atoms with Crippen molar-refractivity contribution in [3.63, 3.8) is 0 Å². The monoisotopic (exact) mass is 340 g/mol. The topological polar surface area (TPSA) is 96.9 Å². The quantitative estimate of drug-likeness (QED) is 0.631. The zero-order valence-corrected chi connectivity index (χ0v) is 13.2. The second-order valence-electron chi connectivity index (χ2n) is 5.46. The van der Waals surface area contributed by atoms with E-state index in [1.54, 1.807) is 0 Å². The van der Waals surface area contributed by atoms with Gasteiger partial charge < -0.3 is 25.2 Å². The van der Waals surface area contributed by atoms with E-state index in [0.29, 0.717) is 25.4 Å². The Labute approximate surface area is 139 Å². The lowest BCUT2D eigenvalue weighted by Crippen LogP contribution is -2.30. The number of nitrogens with one attached hydrogen (secondary N) is 2. The molecule has 8 heteroatoms. The molecule has 132 valence electrons. The molecule has 1 heterocycles. The van der Waals surface area contributed by atoms with Gasteiger partial charge in [0.15, 0.2) is 0 Å². The molecule has 0 spiro atoms. The minimum atomic E-state index is -0.924. The molecule has 0 aromatic heterocycles. The van der Waals surface area contributed by atoms with Gasteiger partial charge in [-0.05, 0) is 31.4 Å². The maximum absolute atomic E-state index is 13.4. The van der Waals surface area contributed by atoms with Crippen molar-refractivity contribution in [2.24, 2.45) is 0 Å². The number of rotatable bonds is 8. The Morgan fingerprint density at radius 3 is 2.96 bits per heavy atom. The number of benzene rings is 1. The number of aliphatic carboxylic acids is 1. The maximum atomic E-state index is 13.4. The largest absolute Gasteiger partial charge is 0.489 e. The van der Waals surface area contributed by atoms with Gasteiger partial charge in [0.2, 0.25) is 0 Å². The van der Waals surface area contributed by atoms with Gasteiger partial charge in [0, 0.05) is 25.6 Å². The van der Waals surface area contributed by atoms with Crippen molar-refractivity contribution < 1.29 is 28.6 Å². The fraction of sp³-hybridized carbons (Fsp3) is 0.500. The molecule has 1 atom stereocenters. The Bertz CT molecular complexity index is 576. The smallest absolute Gasteiger partial charge is 0.319 e. The number of halogens is 1. The average molecular weight is 340 g/mol. The molecule has 1 saturated heterocycles. The number of hydrogen-bond acceptors (Lipinski definition) is 4. The summed E-state index contributed by atoms with van der Waals surface area (Å²) < 4.78 is 24.5. The number of carbonyl (C=O) groups is 2. The van der Waals surface area contributed by atoms with Crippen LogP contribution in [0.4, 0.5) is 14.9 Å². The SMILES string of the molecule is O=C(O)CCCNC(=O)Nc1cc(F)ccc1OCC1CCCO1. The molecule has 1 aliphatic rings. The van der Waals surface area contributed by atoms with Crippen molar-refractivity contribution in [3.8, 4) is 5.75 Å². The van der Waals surface area contributed by atoms with Gasteiger partial charge >= 0.3 is 12.0 Å². The molecule has 1 fully saturated rings. The van der Waals surface area contributed by atoms with Crippen molar-refractivity contribution >= 4 is 17.7 Å². The van der Waals surface area contributed by atoms with Crippen LogP contribution < -0.4 is 15.4 Å². The van der Waals surface area contributed by atoms with Crippen molar-refractivity contribution in [3.05, 3.63) is 24.0 Å². The highest BCUT2D eigenvalue weighted by Gasteiger charge is 2.17. The summed E-state index contributed by atoms with van der Waals surface area (Å²) in [4.78, 5) is 22.2. The van der Waals surface area contributed by atoms with Crippen LogP contribution in [0.3, 0.4) is 0 Å². The van der Waals surface area contributed by atoms with Crippen LogP contribution >= 0.6 is 0 Å². The number of carboxylic acids is 1. The molecule has 1 aromatic carbocycles. The first-order chi connectivity index (χ1) is 11.5. The average Bonchev–Trinajstić information content (AvgIpc) is 3.04. The van der Waals surface area contributed by atoms with Gasteiger partial charge in [-0.2, -0.15) is 0 Å². The Morgan fingerprint density at radius 1 is 1.42 bits per heavy atom. The molecule has 0 saturated carbocycles. The molecule has 1 aromatic rings. The molecule has 1 unspecified atom stereocenters. The zero-order valence-electron chi connectivity index (χ0n) is 13.2. The predicted octanol–water partition coefficient (Wildman–Crippen LogP) is 2.37. The molecule has 7 nitrogen and oxygen atoms in total. The number of ether oxygens (including phenoxy) is 2. The minimum absolute atomic E-state index is 0.00717. The van der Waals surface area contributed by atoms with Crippen LogP contribution in [0.2, 0.25) is 0 Å². The number of hydrogen-bond donors (Lipinski definition) is 3. The Hall–Kier alpha value is -2.35. The van der Waals surface area contributed by atoms with Gasteiger partial charge in [0.05, 0.1) is 11.8 Å². The molecule has 1 aliphatic heterocycles. The van der Waals surface area contributed by atoms with E-state index in [1.807, 2.05) is 0 Å². The molecular formula is C16H21FN2O5. The van der Waals surface area contributed by atoms with E-state index in [9.17, 15) is 14.0 Å². The zero-order chi connectivity index (χ0) is 17.4. The van der Waals surface area contributed by atoms with Gasteiger partial charge in [0.1, 0.15) is 18.2 Å². The summed E-state index contributed by atoms with van der Waals surface area (Å²) in [6.07, 6.45) is 2.19. The fourth-order valence-electron chi connectivity index (χ4n) is 2.29.